The summed E-state index contributed by atoms with van der Waals surface area (Å²) in [6.07, 6.45) is 0. The van der Waals surface area contributed by atoms with Crippen LogP contribution in [0.2, 0.25) is 0 Å². The molecule has 0 aliphatic rings. The molecule has 5 heteroatoms. The lowest BCUT2D eigenvalue weighted by atomic mass is 10.1. The average molecular weight is 652 g/mol. The quantitative estimate of drug-likeness (QED) is 0.190. The molecule has 0 aliphatic heterocycles. The summed E-state index contributed by atoms with van der Waals surface area (Å²) in [7, 11) is 0. The average Bonchev–Trinajstić information content (AvgIpc) is 3.83. The van der Waals surface area contributed by atoms with Crippen LogP contribution >= 0.6 is 0 Å². The van der Waals surface area contributed by atoms with Gasteiger partial charge in [0.1, 0.15) is 17.5 Å². The molecule has 0 spiro atoms. The molecule has 5 heterocycles. The van der Waals surface area contributed by atoms with Gasteiger partial charge in [-0.2, -0.15) is 0 Å². The summed E-state index contributed by atoms with van der Waals surface area (Å²) >= 11 is 0. The van der Waals surface area contributed by atoms with Gasteiger partial charge >= 0.3 is 0 Å². The fourth-order valence-corrected chi connectivity index (χ4v) is 8.07. The maximum atomic E-state index is 5.41. The molecule has 5 aromatic heterocycles. The Hall–Kier alpha value is -6.98. The van der Waals surface area contributed by atoms with E-state index in [1.165, 1.54) is 32.3 Å². The highest BCUT2D eigenvalue weighted by atomic mass is 15.1. The second-order valence-electron chi connectivity index (χ2n) is 13.1. The van der Waals surface area contributed by atoms with Crippen LogP contribution in [0.3, 0.4) is 0 Å². The fourth-order valence-electron chi connectivity index (χ4n) is 8.07. The highest BCUT2D eigenvalue weighted by Crippen LogP contribution is 2.40. The minimum Gasteiger partial charge on any atom is -0.294 e. The number of hydrogen-bond acceptors (Lipinski definition) is 2. The third kappa shape index (κ3) is 4.09. The Morgan fingerprint density at radius 2 is 0.667 bits per heavy atom. The molecule has 11 rings (SSSR count). The van der Waals surface area contributed by atoms with Crippen LogP contribution in [-0.2, 0) is 0 Å². The molecule has 5 nitrogen and oxygen atoms in total. The number of nitrogens with zero attached hydrogens (tertiary/aromatic N) is 5. The zero-order valence-corrected chi connectivity index (χ0v) is 27.5. The van der Waals surface area contributed by atoms with Gasteiger partial charge in [-0.05, 0) is 60.7 Å². The number of benzene rings is 6. The Bertz CT molecular complexity index is 3090. The van der Waals surface area contributed by atoms with Crippen molar-refractivity contribution in [2.24, 2.45) is 0 Å². The molecule has 0 amide bonds. The van der Waals surface area contributed by atoms with E-state index in [-0.39, 0.29) is 0 Å². The third-order valence-electron chi connectivity index (χ3n) is 10.3. The van der Waals surface area contributed by atoms with E-state index < -0.39 is 0 Å². The van der Waals surface area contributed by atoms with Gasteiger partial charge in [0, 0.05) is 37.9 Å². The van der Waals surface area contributed by atoms with Crippen LogP contribution in [0.4, 0.5) is 0 Å². The summed E-state index contributed by atoms with van der Waals surface area (Å²) in [5, 5.41) is 7.22. The van der Waals surface area contributed by atoms with E-state index >= 15 is 0 Å². The maximum Gasteiger partial charge on any atom is 0.140 e. The molecule has 0 bridgehead atoms. The van der Waals surface area contributed by atoms with E-state index in [4.69, 9.17) is 9.97 Å². The standard InChI is InChI=1S/C46H29N5/c1-2-14-30(15-3-1)37-20-12-25-44(47-37)50-40-23-10-6-18-33(40)35-28-36-34-19-7-11-24-41(34)51(43(36)29-42(35)50)46-27-13-26-45(48-46)49-38-21-8-4-16-31(38)32-17-5-9-22-39(32)49/h1-29H. The molecule has 0 N–H and O–H groups in total. The van der Waals surface area contributed by atoms with Crippen molar-refractivity contribution in [1.29, 1.82) is 0 Å². The lowest BCUT2D eigenvalue weighted by molar-refractivity contribution is 1.01. The predicted octanol–water partition coefficient (Wildman–Crippen LogP) is 11.4. The highest BCUT2D eigenvalue weighted by Gasteiger charge is 2.20. The summed E-state index contributed by atoms with van der Waals surface area (Å²) in [5.41, 5.74) is 8.76. The molecule has 0 saturated carbocycles. The Morgan fingerprint density at radius 3 is 1.18 bits per heavy atom. The Balaban J connectivity index is 1.20. The van der Waals surface area contributed by atoms with E-state index in [1.807, 2.05) is 6.07 Å². The highest BCUT2D eigenvalue weighted by molar-refractivity contribution is 6.19. The van der Waals surface area contributed by atoms with Gasteiger partial charge in [-0.3, -0.25) is 13.7 Å². The first-order valence-electron chi connectivity index (χ1n) is 17.3. The van der Waals surface area contributed by atoms with Crippen molar-refractivity contribution in [3.8, 4) is 28.7 Å². The first-order valence-corrected chi connectivity index (χ1v) is 17.3. The number of aromatic nitrogens is 5. The number of hydrogen-bond donors (Lipinski definition) is 0. The zero-order chi connectivity index (χ0) is 33.5. The van der Waals surface area contributed by atoms with Crippen LogP contribution in [0, 0.1) is 0 Å². The van der Waals surface area contributed by atoms with Crippen molar-refractivity contribution in [3.05, 3.63) is 176 Å². The van der Waals surface area contributed by atoms with Crippen molar-refractivity contribution >= 4 is 65.4 Å². The van der Waals surface area contributed by atoms with Gasteiger partial charge < -0.3 is 0 Å². The Kier molecular flexibility index (Phi) is 5.89. The Morgan fingerprint density at radius 1 is 0.275 bits per heavy atom. The second-order valence-corrected chi connectivity index (χ2v) is 13.1. The predicted molar refractivity (Wildman–Crippen MR) is 210 cm³/mol. The smallest absolute Gasteiger partial charge is 0.140 e. The lowest BCUT2D eigenvalue weighted by Gasteiger charge is -2.12. The molecule has 0 atom stereocenters. The maximum absolute atomic E-state index is 5.41. The molecule has 0 aliphatic carbocycles. The summed E-state index contributed by atoms with van der Waals surface area (Å²) in [6, 6.07) is 62.2. The van der Waals surface area contributed by atoms with Crippen LogP contribution in [0.25, 0.3) is 94.1 Å². The first-order chi connectivity index (χ1) is 25.3. The van der Waals surface area contributed by atoms with Crippen LogP contribution in [0.1, 0.15) is 0 Å². The van der Waals surface area contributed by atoms with Crippen LogP contribution in [0.15, 0.2) is 176 Å². The van der Waals surface area contributed by atoms with Crippen LogP contribution in [-0.4, -0.2) is 23.7 Å². The van der Waals surface area contributed by atoms with Crippen molar-refractivity contribution in [2.75, 3.05) is 0 Å². The fraction of sp³-hybridized carbons (Fsp3) is 0. The van der Waals surface area contributed by atoms with E-state index in [2.05, 4.69) is 184 Å². The monoisotopic (exact) mass is 651 g/mol. The van der Waals surface area contributed by atoms with Gasteiger partial charge in [-0.15, -0.1) is 0 Å². The van der Waals surface area contributed by atoms with E-state index in [1.54, 1.807) is 0 Å². The summed E-state index contributed by atoms with van der Waals surface area (Å²) in [5.74, 6) is 2.63. The third-order valence-corrected chi connectivity index (χ3v) is 10.3. The van der Waals surface area contributed by atoms with Gasteiger partial charge in [-0.1, -0.05) is 115 Å². The molecule has 0 saturated heterocycles. The molecule has 6 aromatic carbocycles. The minimum absolute atomic E-state index is 0.867. The van der Waals surface area contributed by atoms with Crippen molar-refractivity contribution in [2.45, 2.75) is 0 Å². The van der Waals surface area contributed by atoms with Crippen molar-refractivity contribution in [1.82, 2.24) is 23.7 Å². The van der Waals surface area contributed by atoms with E-state index in [0.717, 1.165) is 61.8 Å². The second kappa shape index (κ2) is 10.8. The largest absolute Gasteiger partial charge is 0.294 e. The number of para-hydroxylation sites is 4. The van der Waals surface area contributed by atoms with Crippen molar-refractivity contribution < 1.29 is 0 Å². The van der Waals surface area contributed by atoms with Crippen LogP contribution < -0.4 is 0 Å². The van der Waals surface area contributed by atoms with Crippen LogP contribution in [0.5, 0.6) is 0 Å². The molecule has 51 heavy (non-hydrogen) atoms. The molecular formula is C46H29N5. The molecule has 0 fully saturated rings. The molecule has 11 aromatic rings. The van der Waals surface area contributed by atoms with Gasteiger partial charge in [0.25, 0.3) is 0 Å². The number of rotatable bonds is 4. The van der Waals surface area contributed by atoms with Gasteiger partial charge in [0.15, 0.2) is 0 Å². The zero-order valence-electron chi connectivity index (χ0n) is 27.5. The SMILES string of the molecule is c1ccc(-c2cccc(-n3c4ccccc4c4cc5c6ccccc6n(-c6cccc(-n7c8ccccc8c8ccccc87)n6)c5cc43)n2)cc1. The topological polar surface area (TPSA) is 40.6 Å². The summed E-state index contributed by atoms with van der Waals surface area (Å²) < 4.78 is 6.90. The van der Waals surface area contributed by atoms with Gasteiger partial charge in [-0.25, -0.2) is 9.97 Å². The normalized spacial score (nSPS) is 11.9. The minimum atomic E-state index is 0.867. The van der Waals surface area contributed by atoms with Gasteiger partial charge in [0.05, 0.1) is 38.8 Å². The molecule has 0 unspecified atom stereocenters. The van der Waals surface area contributed by atoms with E-state index in [0.29, 0.717) is 0 Å². The molecule has 0 radical (unpaired) electrons. The van der Waals surface area contributed by atoms with E-state index in [9.17, 15) is 0 Å². The van der Waals surface area contributed by atoms with Gasteiger partial charge in [0.2, 0.25) is 0 Å². The lowest BCUT2D eigenvalue weighted by Crippen LogP contribution is -2.03. The Labute approximate surface area is 292 Å². The summed E-state index contributed by atoms with van der Waals surface area (Å²) in [4.78, 5) is 10.6. The number of fused-ring (bicyclic) bond motifs is 9. The molecule has 238 valence electrons. The number of pyridine rings is 2. The first kappa shape index (κ1) is 27.9. The summed E-state index contributed by atoms with van der Waals surface area (Å²) in [6.45, 7) is 0. The molecular weight excluding hydrogens is 623 g/mol. The van der Waals surface area contributed by atoms with Crippen molar-refractivity contribution in [3.63, 3.8) is 0 Å².